The lowest BCUT2D eigenvalue weighted by Gasteiger charge is -2.01. The summed E-state index contributed by atoms with van der Waals surface area (Å²) in [4.78, 5) is 11.3. The van der Waals surface area contributed by atoms with Gasteiger partial charge in [0.05, 0.1) is 15.9 Å². The maximum absolute atomic E-state index is 11.3. The molecule has 1 aromatic rings. The van der Waals surface area contributed by atoms with Gasteiger partial charge in [-0.05, 0) is 12.1 Å². The molecule has 1 aromatic carbocycles. The highest BCUT2D eigenvalue weighted by Crippen LogP contribution is 2.19. The highest BCUT2D eigenvalue weighted by atomic mass is 79.9. The lowest BCUT2D eigenvalue weighted by molar-refractivity contribution is 0.102. The Morgan fingerprint density at radius 3 is 2.85 bits per heavy atom. The summed E-state index contributed by atoms with van der Waals surface area (Å²) in [5.41, 5.74) is 0.612. The van der Waals surface area contributed by atoms with E-state index in [1.54, 1.807) is 18.2 Å². The maximum Gasteiger partial charge on any atom is 0.174 e. The molecule has 0 radical (unpaired) electrons. The molecule has 0 aliphatic rings. The number of Topliss-reactive ketones (excluding diaryl/α,β-unsaturated/α-hetero) is 1. The summed E-state index contributed by atoms with van der Waals surface area (Å²) in [7, 11) is 0. The first-order valence-electron chi connectivity index (χ1n) is 3.48. The van der Waals surface area contributed by atoms with Crippen LogP contribution in [0.2, 0.25) is 5.02 Å². The summed E-state index contributed by atoms with van der Waals surface area (Å²) < 4.78 is 0. The zero-order valence-electron chi connectivity index (χ0n) is 6.55. The Morgan fingerprint density at radius 2 is 2.31 bits per heavy atom. The smallest absolute Gasteiger partial charge is 0.174 e. The second-order valence-corrected chi connectivity index (χ2v) is 3.30. The van der Waals surface area contributed by atoms with Crippen LogP contribution in [-0.4, -0.2) is 11.1 Å². The maximum atomic E-state index is 11.3. The molecule has 0 unspecified atom stereocenters. The first kappa shape index (κ1) is 10.2. The monoisotopic (exact) mass is 257 g/mol. The molecular formula is C9H5BrClNO. The molecular weight excluding hydrogens is 253 g/mol. The Hall–Kier alpha value is -0.850. The number of hydrogen-bond acceptors (Lipinski definition) is 2. The Kier molecular flexibility index (Phi) is 3.47. The normalized spacial score (nSPS) is 9.31. The van der Waals surface area contributed by atoms with Gasteiger partial charge in [0.25, 0.3) is 0 Å². The standard InChI is InChI=1S/C9H5BrClNO/c10-4-9(13)6-2-1-3-8(11)7(6)5-12/h1-3H,4H2. The number of rotatable bonds is 2. The summed E-state index contributed by atoms with van der Waals surface area (Å²) in [5.74, 6) is -0.140. The van der Waals surface area contributed by atoms with Crippen molar-refractivity contribution in [2.24, 2.45) is 0 Å². The molecule has 0 spiro atoms. The van der Waals surface area contributed by atoms with Crippen molar-refractivity contribution >= 4 is 33.3 Å². The minimum Gasteiger partial charge on any atom is -0.293 e. The summed E-state index contributed by atoms with van der Waals surface area (Å²) in [6, 6.07) is 6.74. The van der Waals surface area contributed by atoms with Gasteiger partial charge in [0.1, 0.15) is 6.07 Å². The quantitative estimate of drug-likeness (QED) is 0.604. The van der Waals surface area contributed by atoms with Crippen molar-refractivity contribution in [1.82, 2.24) is 0 Å². The second kappa shape index (κ2) is 4.40. The third-order valence-corrected chi connectivity index (χ3v) is 2.37. The van der Waals surface area contributed by atoms with Crippen molar-refractivity contribution in [1.29, 1.82) is 5.26 Å². The van der Waals surface area contributed by atoms with Gasteiger partial charge in [-0.25, -0.2) is 0 Å². The highest BCUT2D eigenvalue weighted by Gasteiger charge is 2.11. The number of ketones is 1. The predicted octanol–water partition coefficient (Wildman–Crippen LogP) is 2.79. The van der Waals surface area contributed by atoms with Crippen LogP contribution in [0.1, 0.15) is 15.9 Å². The summed E-state index contributed by atoms with van der Waals surface area (Å²) in [5, 5.41) is 9.25. The fourth-order valence-corrected chi connectivity index (χ4v) is 1.46. The summed E-state index contributed by atoms with van der Waals surface area (Å²) in [6.07, 6.45) is 0. The Morgan fingerprint density at radius 1 is 1.62 bits per heavy atom. The van der Waals surface area contributed by atoms with Crippen LogP contribution in [0, 0.1) is 11.3 Å². The number of alkyl halides is 1. The first-order chi connectivity index (χ1) is 6.20. The van der Waals surface area contributed by atoms with Crippen LogP contribution in [0.15, 0.2) is 18.2 Å². The van der Waals surface area contributed by atoms with Crippen LogP contribution >= 0.6 is 27.5 Å². The zero-order valence-corrected chi connectivity index (χ0v) is 8.89. The first-order valence-corrected chi connectivity index (χ1v) is 4.98. The molecule has 13 heavy (non-hydrogen) atoms. The molecule has 0 fully saturated rings. The van der Waals surface area contributed by atoms with Gasteiger partial charge < -0.3 is 0 Å². The van der Waals surface area contributed by atoms with Crippen LogP contribution in [0.5, 0.6) is 0 Å². The fraction of sp³-hybridized carbons (Fsp3) is 0.111. The van der Waals surface area contributed by atoms with Gasteiger partial charge in [0.2, 0.25) is 0 Å². The van der Waals surface area contributed by atoms with Crippen LogP contribution in [0.4, 0.5) is 0 Å². The van der Waals surface area contributed by atoms with Crippen molar-refractivity contribution in [3.05, 3.63) is 34.3 Å². The summed E-state index contributed by atoms with van der Waals surface area (Å²) >= 11 is 8.78. The molecule has 66 valence electrons. The Bertz CT molecular complexity index is 384. The molecule has 0 N–H and O–H groups in total. The molecule has 0 amide bonds. The third kappa shape index (κ3) is 2.09. The summed E-state index contributed by atoms with van der Waals surface area (Å²) in [6.45, 7) is 0. The van der Waals surface area contributed by atoms with Crippen molar-refractivity contribution in [3.63, 3.8) is 0 Å². The van der Waals surface area contributed by atoms with E-state index < -0.39 is 0 Å². The Labute approximate surface area is 89.3 Å². The largest absolute Gasteiger partial charge is 0.293 e. The lowest BCUT2D eigenvalue weighted by atomic mass is 10.1. The molecule has 0 aliphatic heterocycles. The topological polar surface area (TPSA) is 40.9 Å². The van der Waals surface area contributed by atoms with Crippen LogP contribution in [0.3, 0.4) is 0 Å². The molecule has 0 bridgehead atoms. The number of hydrogen-bond donors (Lipinski definition) is 0. The molecule has 0 saturated carbocycles. The molecule has 0 saturated heterocycles. The van der Waals surface area contributed by atoms with E-state index >= 15 is 0 Å². The molecule has 0 aromatic heterocycles. The van der Waals surface area contributed by atoms with E-state index in [9.17, 15) is 4.79 Å². The SMILES string of the molecule is N#Cc1c(Cl)cccc1C(=O)CBr. The Balaban J connectivity index is 3.30. The van der Waals surface area contributed by atoms with Gasteiger partial charge in [-0.15, -0.1) is 0 Å². The van der Waals surface area contributed by atoms with Crippen molar-refractivity contribution < 1.29 is 4.79 Å². The average molecular weight is 259 g/mol. The number of halogens is 2. The van der Waals surface area contributed by atoms with Gasteiger partial charge in [-0.3, -0.25) is 4.79 Å². The van der Waals surface area contributed by atoms with Gasteiger partial charge in [-0.2, -0.15) is 5.26 Å². The minimum absolute atomic E-state index is 0.140. The number of benzene rings is 1. The van der Waals surface area contributed by atoms with Gasteiger partial charge in [0.15, 0.2) is 5.78 Å². The van der Waals surface area contributed by atoms with Crippen LogP contribution in [0.25, 0.3) is 0 Å². The minimum atomic E-state index is -0.140. The van der Waals surface area contributed by atoms with Crippen LogP contribution < -0.4 is 0 Å². The van der Waals surface area contributed by atoms with E-state index in [-0.39, 0.29) is 16.7 Å². The van der Waals surface area contributed by atoms with E-state index in [2.05, 4.69) is 15.9 Å². The number of carbonyl (C=O) groups excluding carboxylic acids is 1. The van der Waals surface area contributed by atoms with Gasteiger partial charge in [0, 0.05) is 5.56 Å². The number of nitrogens with zero attached hydrogens (tertiary/aromatic N) is 1. The van der Waals surface area contributed by atoms with Gasteiger partial charge >= 0.3 is 0 Å². The second-order valence-electron chi connectivity index (χ2n) is 2.33. The fourth-order valence-electron chi connectivity index (χ4n) is 0.942. The molecule has 0 aliphatic carbocycles. The number of nitriles is 1. The molecule has 0 heterocycles. The molecule has 1 rings (SSSR count). The highest BCUT2D eigenvalue weighted by molar-refractivity contribution is 9.09. The van der Waals surface area contributed by atoms with Gasteiger partial charge in [-0.1, -0.05) is 33.6 Å². The van der Waals surface area contributed by atoms with E-state index in [0.29, 0.717) is 10.6 Å². The van der Waals surface area contributed by atoms with Crippen molar-refractivity contribution in [2.45, 2.75) is 0 Å². The molecule has 0 atom stereocenters. The zero-order chi connectivity index (χ0) is 9.84. The van der Waals surface area contributed by atoms with Crippen LogP contribution in [-0.2, 0) is 0 Å². The predicted molar refractivity (Wildman–Crippen MR) is 54.3 cm³/mol. The van der Waals surface area contributed by atoms with E-state index in [1.165, 1.54) is 0 Å². The lowest BCUT2D eigenvalue weighted by Crippen LogP contribution is -2.03. The molecule has 4 heteroatoms. The van der Waals surface area contributed by atoms with Crippen molar-refractivity contribution in [3.8, 4) is 6.07 Å². The molecule has 2 nitrogen and oxygen atoms in total. The van der Waals surface area contributed by atoms with E-state index in [4.69, 9.17) is 16.9 Å². The van der Waals surface area contributed by atoms with E-state index in [1.807, 2.05) is 6.07 Å². The van der Waals surface area contributed by atoms with E-state index in [0.717, 1.165) is 0 Å². The van der Waals surface area contributed by atoms with Crippen molar-refractivity contribution in [2.75, 3.05) is 5.33 Å². The number of carbonyl (C=O) groups is 1. The third-order valence-electron chi connectivity index (χ3n) is 1.55. The average Bonchev–Trinajstić information content (AvgIpc) is 2.16.